The van der Waals surface area contributed by atoms with E-state index in [0.717, 1.165) is 16.8 Å². The van der Waals surface area contributed by atoms with Gasteiger partial charge in [0.2, 0.25) is 0 Å². The van der Waals surface area contributed by atoms with Crippen molar-refractivity contribution in [3.05, 3.63) is 62.9 Å². The minimum Gasteiger partial charge on any atom is -0.463 e. The number of carbonyl (C=O) groups excluding carboxylic acids is 1. The summed E-state index contributed by atoms with van der Waals surface area (Å²) in [7, 11) is -2.98. The monoisotopic (exact) mass is 604 g/mol. The maximum absolute atomic E-state index is 13.8. The van der Waals surface area contributed by atoms with Crippen molar-refractivity contribution in [1.82, 2.24) is 9.55 Å². The number of aromatic nitrogens is 2. The predicted octanol–water partition coefficient (Wildman–Crippen LogP) is -0.271. The van der Waals surface area contributed by atoms with Gasteiger partial charge in [0.15, 0.2) is 6.23 Å². The number of hydrogen-bond acceptors (Lipinski definition) is 14. The average Bonchev–Trinajstić information content (AvgIpc) is 3.26. The summed E-state index contributed by atoms with van der Waals surface area (Å²) in [5, 5.41) is 20.8. The SMILES string of the molecule is COCCOCCOCCOP(=O)(Oc1ccc(COC=O)cc1)OC1C(O)[C@H](n2ccc(=O)[nH]c2=O)O[C@@H]1CO. The molecule has 0 bridgehead atoms. The third-order valence-corrected chi connectivity index (χ3v) is 7.04. The van der Waals surface area contributed by atoms with Crippen molar-refractivity contribution in [3.8, 4) is 5.75 Å². The third kappa shape index (κ3) is 9.85. The van der Waals surface area contributed by atoms with Gasteiger partial charge in [-0.05, 0) is 17.7 Å². The molecule has 0 aliphatic carbocycles. The van der Waals surface area contributed by atoms with Crippen molar-refractivity contribution < 1.29 is 56.8 Å². The van der Waals surface area contributed by atoms with Crippen LogP contribution in [0.25, 0.3) is 0 Å². The lowest BCUT2D eigenvalue weighted by Crippen LogP contribution is -2.39. The van der Waals surface area contributed by atoms with Gasteiger partial charge in [0.25, 0.3) is 12.0 Å². The van der Waals surface area contributed by atoms with Crippen molar-refractivity contribution in [2.24, 2.45) is 0 Å². The quantitative estimate of drug-likeness (QED) is 0.107. The Morgan fingerprint density at radius 2 is 1.73 bits per heavy atom. The number of methoxy groups -OCH3 is 1. The Balaban J connectivity index is 1.71. The van der Waals surface area contributed by atoms with E-state index in [9.17, 15) is 29.2 Å². The Morgan fingerprint density at radius 3 is 2.37 bits per heavy atom. The lowest BCUT2D eigenvalue weighted by Gasteiger charge is -2.25. The molecule has 3 rings (SSSR count). The molecule has 228 valence electrons. The molecule has 3 N–H and O–H groups in total. The van der Waals surface area contributed by atoms with Crippen LogP contribution in [0.4, 0.5) is 0 Å². The van der Waals surface area contributed by atoms with E-state index in [-0.39, 0.29) is 32.2 Å². The van der Waals surface area contributed by atoms with Gasteiger partial charge in [-0.1, -0.05) is 12.1 Å². The largest absolute Gasteiger partial charge is 0.530 e. The van der Waals surface area contributed by atoms with Crippen molar-refractivity contribution in [1.29, 1.82) is 0 Å². The van der Waals surface area contributed by atoms with Crippen molar-refractivity contribution >= 4 is 14.3 Å². The first-order chi connectivity index (χ1) is 19.8. The molecule has 0 saturated carbocycles. The van der Waals surface area contributed by atoms with Crippen LogP contribution >= 0.6 is 7.82 Å². The highest BCUT2D eigenvalue weighted by Crippen LogP contribution is 2.53. The van der Waals surface area contributed by atoms with Gasteiger partial charge in [-0.2, -0.15) is 0 Å². The third-order valence-electron chi connectivity index (χ3n) is 5.60. The molecule has 0 radical (unpaired) electrons. The number of benzene rings is 1. The summed E-state index contributed by atoms with van der Waals surface area (Å²) in [6.45, 7) is 0.710. The normalized spacial score (nSPS) is 21.8. The number of aliphatic hydroxyl groups excluding tert-OH is 2. The molecule has 2 aromatic rings. The summed E-state index contributed by atoms with van der Waals surface area (Å²) in [5.74, 6) is 0.0537. The zero-order valence-electron chi connectivity index (χ0n) is 22.2. The highest BCUT2D eigenvalue weighted by atomic mass is 31.2. The number of carbonyl (C=O) groups is 1. The molecule has 16 nitrogen and oxygen atoms in total. The summed E-state index contributed by atoms with van der Waals surface area (Å²) in [6, 6.07) is 7.02. The van der Waals surface area contributed by atoms with Crippen LogP contribution in [0.15, 0.2) is 46.1 Å². The molecule has 5 atom stereocenters. The predicted molar refractivity (Wildman–Crippen MR) is 138 cm³/mol. The van der Waals surface area contributed by atoms with Crippen molar-refractivity contribution in [3.63, 3.8) is 0 Å². The van der Waals surface area contributed by atoms with Gasteiger partial charge in [0.05, 0.1) is 46.2 Å². The molecule has 1 saturated heterocycles. The molecule has 3 unspecified atom stereocenters. The number of aromatic amines is 1. The maximum Gasteiger partial charge on any atom is 0.530 e. The van der Waals surface area contributed by atoms with Crippen LogP contribution in [-0.2, 0) is 48.7 Å². The zero-order chi connectivity index (χ0) is 29.7. The second kappa shape index (κ2) is 16.5. The van der Waals surface area contributed by atoms with Gasteiger partial charge in [-0.3, -0.25) is 28.2 Å². The molecule has 1 aliphatic heterocycles. The van der Waals surface area contributed by atoms with Crippen LogP contribution in [-0.4, -0.2) is 97.9 Å². The standard InChI is InChI=1S/C24H33N2O14P/c1-33-8-9-34-10-11-35-12-13-37-41(32,39-18-4-2-17(3-5-18)15-36-16-28)40-22-19(14-27)38-23(21(22)30)26-7-6-20(29)25-24(26)31/h2-7,16,19,21-23,27,30H,8-15H2,1H3,(H,25,29,31)/t19-,21?,22?,23-,41?/m1/s1. The van der Waals surface area contributed by atoms with Gasteiger partial charge in [-0.25, -0.2) is 9.36 Å². The first kappa shape index (κ1) is 32.6. The van der Waals surface area contributed by atoms with E-state index in [1.54, 1.807) is 19.2 Å². The fourth-order valence-corrected chi connectivity index (χ4v) is 5.05. The van der Waals surface area contributed by atoms with Gasteiger partial charge >= 0.3 is 13.5 Å². The molecule has 1 fully saturated rings. The molecule has 0 spiro atoms. The number of H-pyrrole nitrogens is 1. The van der Waals surface area contributed by atoms with Crippen LogP contribution in [0.3, 0.4) is 0 Å². The summed E-state index contributed by atoms with van der Waals surface area (Å²) >= 11 is 0. The summed E-state index contributed by atoms with van der Waals surface area (Å²) < 4.78 is 57.1. The van der Waals surface area contributed by atoms with Gasteiger partial charge in [-0.15, -0.1) is 0 Å². The van der Waals surface area contributed by atoms with Crippen molar-refractivity contribution in [2.75, 3.05) is 53.4 Å². The maximum atomic E-state index is 13.8. The highest BCUT2D eigenvalue weighted by molar-refractivity contribution is 7.49. The first-order valence-electron chi connectivity index (χ1n) is 12.5. The van der Waals surface area contributed by atoms with E-state index in [1.807, 2.05) is 4.98 Å². The smallest absolute Gasteiger partial charge is 0.463 e. The molecule has 2 heterocycles. The van der Waals surface area contributed by atoms with Crippen LogP contribution in [0.1, 0.15) is 11.8 Å². The Labute approximate surface area is 234 Å². The number of phosphoric acid groups is 1. The summed E-state index contributed by atoms with van der Waals surface area (Å²) in [4.78, 5) is 36.1. The lowest BCUT2D eigenvalue weighted by molar-refractivity contribution is -0.129. The Morgan fingerprint density at radius 1 is 1.05 bits per heavy atom. The molecular formula is C24H33N2O14P. The number of phosphoric ester groups is 1. The number of aliphatic hydroxyl groups is 2. The number of nitrogens with one attached hydrogen (secondary N) is 1. The fraction of sp³-hybridized carbons (Fsp3) is 0.542. The van der Waals surface area contributed by atoms with E-state index in [2.05, 4.69) is 0 Å². The minimum absolute atomic E-state index is 0.0102. The average molecular weight is 605 g/mol. The van der Waals surface area contributed by atoms with Gasteiger partial charge in [0.1, 0.15) is 30.7 Å². The van der Waals surface area contributed by atoms with E-state index >= 15 is 0 Å². The number of rotatable bonds is 19. The van der Waals surface area contributed by atoms with Crippen LogP contribution < -0.4 is 15.8 Å². The summed E-state index contributed by atoms with van der Waals surface area (Å²) in [6.07, 6.45) is -4.67. The van der Waals surface area contributed by atoms with Crippen LogP contribution in [0.5, 0.6) is 5.75 Å². The van der Waals surface area contributed by atoms with E-state index in [0.29, 0.717) is 31.9 Å². The van der Waals surface area contributed by atoms with E-state index in [4.69, 9.17) is 37.3 Å². The highest BCUT2D eigenvalue weighted by Gasteiger charge is 2.50. The number of nitrogens with zero attached hydrogens (tertiary/aromatic N) is 1. The minimum atomic E-state index is -4.53. The second-order valence-electron chi connectivity index (χ2n) is 8.47. The van der Waals surface area contributed by atoms with Gasteiger partial charge in [0, 0.05) is 19.4 Å². The lowest BCUT2D eigenvalue weighted by atomic mass is 10.1. The Bertz CT molecular complexity index is 1240. The molecule has 1 aromatic carbocycles. The topological polar surface area (TPSA) is 203 Å². The zero-order valence-corrected chi connectivity index (χ0v) is 23.1. The van der Waals surface area contributed by atoms with E-state index in [1.165, 1.54) is 12.1 Å². The first-order valence-corrected chi connectivity index (χ1v) is 13.9. The Kier molecular flexibility index (Phi) is 13.1. The summed E-state index contributed by atoms with van der Waals surface area (Å²) in [5.41, 5.74) is -0.919. The Hall–Kier alpha value is -2.92. The molecule has 1 aromatic heterocycles. The van der Waals surface area contributed by atoms with Crippen LogP contribution in [0.2, 0.25) is 0 Å². The molecule has 41 heavy (non-hydrogen) atoms. The fourth-order valence-electron chi connectivity index (χ4n) is 3.66. The van der Waals surface area contributed by atoms with Crippen LogP contribution in [0, 0.1) is 0 Å². The molecular weight excluding hydrogens is 571 g/mol. The number of ether oxygens (including phenoxy) is 5. The molecule has 0 amide bonds. The molecule has 1 aliphatic rings. The molecule has 17 heteroatoms. The van der Waals surface area contributed by atoms with E-state index < -0.39 is 50.2 Å². The van der Waals surface area contributed by atoms with Gasteiger partial charge < -0.3 is 38.4 Å². The van der Waals surface area contributed by atoms with Crippen molar-refractivity contribution in [2.45, 2.75) is 31.1 Å². The second-order valence-corrected chi connectivity index (χ2v) is 10.0. The number of hydrogen-bond donors (Lipinski definition) is 3.